The van der Waals surface area contributed by atoms with Crippen LogP contribution in [0.3, 0.4) is 0 Å². The lowest BCUT2D eigenvalue weighted by Gasteiger charge is -2.02. The molecule has 0 spiro atoms. The zero-order valence-corrected chi connectivity index (χ0v) is 6.81. The Bertz CT molecular complexity index is 351. The molecule has 0 aliphatic heterocycles. The average molecular weight is 176 g/mol. The molecule has 1 aromatic rings. The maximum absolute atomic E-state index is 10.3. The standard InChI is InChI=1S/C9H8N2O2/c1-2-9(10)7-3-5-8(6-4-7)11(12)13/h1,3-6,9H,10H2/t9-/m0/s1. The van der Waals surface area contributed by atoms with Crippen molar-refractivity contribution in [1.82, 2.24) is 0 Å². The van der Waals surface area contributed by atoms with E-state index in [1.165, 1.54) is 12.1 Å². The molecule has 0 radical (unpaired) electrons. The highest BCUT2D eigenvalue weighted by molar-refractivity contribution is 5.36. The van der Waals surface area contributed by atoms with Gasteiger partial charge in [-0.2, -0.15) is 0 Å². The molecule has 0 aromatic heterocycles. The Morgan fingerprint density at radius 3 is 2.38 bits per heavy atom. The molecule has 0 bridgehead atoms. The van der Waals surface area contributed by atoms with Crippen LogP contribution < -0.4 is 5.73 Å². The van der Waals surface area contributed by atoms with Crippen molar-refractivity contribution in [2.45, 2.75) is 6.04 Å². The second kappa shape index (κ2) is 3.70. The largest absolute Gasteiger partial charge is 0.314 e. The molecular formula is C9H8N2O2. The molecule has 0 fully saturated rings. The Morgan fingerprint density at radius 1 is 1.46 bits per heavy atom. The molecule has 0 saturated heterocycles. The number of nitro benzene ring substituents is 1. The van der Waals surface area contributed by atoms with Crippen LogP contribution >= 0.6 is 0 Å². The van der Waals surface area contributed by atoms with E-state index in [0.717, 1.165) is 0 Å². The summed E-state index contributed by atoms with van der Waals surface area (Å²) in [5.74, 6) is 2.34. The lowest BCUT2D eigenvalue weighted by atomic mass is 10.1. The number of terminal acetylenes is 1. The van der Waals surface area contributed by atoms with Gasteiger partial charge in [-0.25, -0.2) is 0 Å². The average Bonchev–Trinajstić information content (AvgIpc) is 2.17. The summed E-state index contributed by atoms with van der Waals surface area (Å²) < 4.78 is 0. The SMILES string of the molecule is C#C[C@H](N)c1ccc([N+](=O)[O-])cc1. The molecule has 0 aliphatic rings. The summed E-state index contributed by atoms with van der Waals surface area (Å²) in [6.07, 6.45) is 5.09. The van der Waals surface area contributed by atoms with Crippen LogP contribution in [0.25, 0.3) is 0 Å². The first-order valence-electron chi connectivity index (χ1n) is 3.61. The van der Waals surface area contributed by atoms with Gasteiger partial charge in [0.05, 0.1) is 11.0 Å². The minimum atomic E-state index is -0.499. The molecule has 1 aromatic carbocycles. The monoisotopic (exact) mass is 176 g/mol. The molecule has 1 rings (SSSR count). The van der Waals surface area contributed by atoms with Crippen LogP contribution in [0.2, 0.25) is 0 Å². The van der Waals surface area contributed by atoms with E-state index in [-0.39, 0.29) is 5.69 Å². The highest BCUT2D eigenvalue weighted by Gasteiger charge is 2.06. The van der Waals surface area contributed by atoms with E-state index < -0.39 is 11.0 Å². The molecule has 0 heterocycles. The summed E-state index contributed by atoms with van der Waals surface area (Å²) in [4.78, 5) is 9.82. The molecule has 1 atom stereocenters. The molecule has 0 saturated carbocycles. The van der Waals surface area contributed by atoms with Gasteiger partial charge in [0.2, 0.25) is 0 Å². The summed E-state index contributed by atoms with van der Waals surface area (Å²) in [5, 5.41) is 10.3. The van der Waals surface area contributed by atoms with Gasteiger partial charge in [0, 0.05) is 12.1 Å². The summed E-state index contributed by atoms with van der Waals surface area (Å²) in [6, 6.07) is 5.38. The number of nitro groups is 1. The molecule has 0 aliphatic carbocycles. The summed E-state index contributed by atoms with van der Waals surface area (Å²) in [7, 11) is 0. The molecule has 4 heteroatoms. The van der Waals surface area contributed by atoms with Crippen LogP contribution in [-0.2, 0) is 0 Å². The normalized spacial score (nSPS) is 11.7. The van der Waals surface area contributed by atoms with Gasteiger partial charge in [-0.05, 0) is 17.7 Å². The van der Waals surface area contributed by atoms with E-state index in [4.69, 9.17) is 12.2 Å². The van der Waals surface area contributed by atoms with Crippen molar-refractivity contribution in [2.75, 3.05) is 0 Å². The first kappa shape index (κ1) is 9.23. The molecule has 66 valence electrons. The van der Waals surface area contributed by atoms with Gasteiger partial charge in [0.1, 0.15) is 0 Å². The van der Waals surface area contributed by atoms with Crippen LogP contribution in [-0.4, -0.2) is 4.92 Å². The molecule has 0 unspecified atom stereocenters. The second-order valence-electron chi connectivity index (χ2n) is 2.49. The smallest absolute Gasteiger partial charge is 0.269 e. The summed E-state index contributed by atoms with van der Waals surface area (Å²) in [5.41, 5.74) is 6.25. The van der Waals surface area contributed by atoms with Gasteiger partial charge in [-0.3, -0.25) is 10.1 Å². The number of nitrogens with two attached hydrogens (primary N) is 1. The van der Waals surface area contributed by atoms with E-state index >= 15 is 0 Å². The second-order valence-corrected chi connectivity index (χ2v) is 2.49. The van der Waals surface area contributed by atoms with Crippen molar-refractivity contribution >= 4 is 5.69 Å². The quantitative estimate of drug-likeness (QED) is 0.418. The molecule has 0 amide bonds. The lowest BCUT2D eigenvalue weighted by molar-refractivity contribution is -0.384. The van der Waals surface area contributed by atoms with E-state index in [9.17, 15) is 10.1 Å². The third kappa shape index (κ3) is 2.04. The summed E-state index contributed by atoms with van der Waals surface area (Å²) >= 11 is 0. The van der Waals surface area contributed by atoms with Crippen LogP contribution in [0.15, 0.2) is 24.3 Å². The van der Waals surface area contributed by atoms with E-state index in [1.54, 1.807) is 12.1 Å². The number of rotatable bonds is 2. The number of hydrogen-bond donors (Lipinski definition) is 1. The van der Waals surface area contributed by atoms with Gasteiger partial charge >= 0.3 is 0 Å². The fourth-order valence-corrected chi connectivity index (χ4v) is 0.900. The van der Waals surface area contributed by atoms with Crippen LogP contribution in [0.5, 0.6) is 0 Å². The van der Waals surface area contributed by atoms with Crippen molar-refractivity contribution in [3.63, 3.8) is 0 Å². The van der Waals surface area contributed by atoms with E-state index in [0.29, 0.717) is 5.56 Å². The van der Waals surface area contributed by atoms with Gasteiger partial charge in [0.15, 0.2) is 0 Å². The Hall–Kier alpha value is -1.86. The van der Waals surface area contributed by atoms with E-state index in [2.05, 4.69) is 5.92 Å². The lowest BCUT2D eigenvalue weighted by Crippen LogP contribution is -2.06. The molecule has 13 heavy (non-hydrogen) atoms. The maximum atomic E-state index is 10.3. The number of hydrogen-bond acceptors (Lipinski definition) is 3. The van der Waals surface area contributed by atoms with Crippen molar-refractivity contribution < 1.29 is 4.92 Å². The summed E-state index contributed by atoms with van der Waals surface area (Å²) in [6.45, 7) is 0. The zero-order chi connectivity index (χ0) is 9.84. The predicted molar refractivity (Wildman–Crippen MR) is 48.9 cm³/mol. The molecule has 2 N–H and O–H groups in total. The third-order valence-corrected chi connectivity index (χ3v) is 1.64. The minimum Gasteiger partial charge on any atom is -0.314 e. The van der Waals surface area contributed by atoms with Gasteiger partial charge in [0.25, 0.3) is 5.69 Å². The predicted octanol–water partition coefficient (Wildman–Crippen LogP) is 1.23. The highest BCUT2D eigenvalue weighted by Crippen LogP contribution is 2.15. The molecular weight excluding hydrogens is 168 g/mol. The topological polar surface area (TPSA) is 69.2 Å². The fourth-order valence-electron chi connectivity index (χ4n) is 0.900. The maximum Gasteiger partial charge on any atom is 0.269 e. The van der Waals surface area contributed by atoms with Crippen molar-refractivity contribution in [3.05, 3.63) is 39.9 Å². The van der Waals surface area contributed by atoms with E-state index in [1.807, 2.05) is 0 Å². The fraction of sp³-hybridized carbons (Fsp3) is 0.111. The molecule has 4 nitrogen and oxygen atoms in total. The first-order chi connectivity index (χ1) is 6.15. The number of non-ortho nitro benzene ring substituents is 1. The van der Waals surface area contributed by atoms with Gasteiger partial charge in [-0.1, -0.05) is 5.92 Å². The Balaban J connectivity index is 2.95. The van der Waals surface area contributed by atoms with Crippen LogP contribution in [0.4, 0.5) is 5.69 Å². The Morgan fingerprint density at radius 2 is 2.00 bits per heavy atom. The van der Waals surface area contributed by atoms with Crippen LogP contribution in [0.1, 0.15) is 11.6 Å². The van der Waals surface area contributed by atoms with Crippen molar-refractivity contribution in [3.8, 4) is 12.3 Å². The minimum absolute atomic E-state index is 0.0352. The van der Waals surface area contributed by atoms with Crippen molar-refractivity contribution in [2.24, 2.45) is 5.73 Å². The number of benzene rings is 1. The highest BCUT2D eigenvalue weighted by atomic mass is 16.6. The number of nitrogens with zero attached hydrogens (tertiary/aromatic N) is 1. The van der Waals surface area contributed by atoms with Gasteiger partial charge < -0.3 is 5.73 Å². The zero-order valence-electron chi connectivity index (χ0n) is 6.81. The Kier molecular flexibility index (Phi) is 2.62. The van der Waals surface area contributed by atoms with Gasteiger partial charge in [-0.15, -0.1) is 6.42 Å². The Labute approximate surface area is 75.5 Å². The third-order valence-electron chi connectivity index (χ3n) is 1.64. The van der Waals surface area contributed by atoms with Crippen molar-refractivity contribution in [1.29, 1.82) is 0 Å². The van der Waals surface area contributed by atoms with Crippen LogP contribution in [0, 0.1) is 22.5 Å². The first-order valence-corrected chi connectivity index (χ1v) is 3.61.